The number of nitrogens with one attached hydrogen (secondary N) is 1. The molecule has 1 heterocycles. The number of halogens is 4. The Labute approximate surface area is 161 Å². The summed E-state index contributed by atoms with van der Waals surface area (Å²) in [7, 11) is 0. The molecule has 2 aromatic carbocycles. The summed E-state index contributed by atoms with van der Waals surface area (Å²) in [5.74, 6) is -1.30. The van der Waals surface area contributed by atoms with Crippen LogP contribution in [0.25, 0.3) is 11.1 Å². The zero-order valence-corrected chi connectivity index (χ0v) is 15.0. The largest absolute Gasteiger partial charge is 0.482 e. The normalized spacial score (nSPS) is 11.6. The fourth-order valence-electron chi connectivity index (χ4n) is 2.54. The first-order valence-electron chi connectivity index (χ1n) is 8.10. The van der Waals surface area contributed by atoms with Crippen molar-refractivity contribution < 1.29 is 27.1 Å². The topological polar surface area (TPSA) is 73.5 Å². The van der Waals surface area contributed by atoms with E-state index in [2.05, 4.69) is 5.32 Å². The minimum atomic E-state index is -4.52. The van der Waals surface area contributed by atoms with E-state index in [1.807, 2.05) is 0 Å². The van der Waals surface area contributed by atoms with E-state index in [4.69, 9.17) is 20.8 Å². The molecule has 1 N–H and O–H groups in total. The summed E-state index contributed by atoms with van der Waals surface area (Å²) in [5, 5.41) is 2.67. The van der Waals surface area contributed by atoms with Crippen LogP contribution in [0.3, 0.4) is 0 Å². The van der Waals surface area contributed by atoms with E-state index in [9.17, 15) is 22.8 Å². The van der Waals surface area contributed by atoms with E-state index in [0.717, 1.165) is 0 Å². The third-order valence-corrected chi connectivity index (χ3v) is 3.98. The van der Waals surface area contributed by atoms with Crippen molar-refractivity contribution in [3.8, 4) is 5.75 Å². The number of oxazole rings is 1. The van der Waals surface area contributed by atoms with Gasteiger partial charge < -0.3 is 14.5 Å². The maximum absolute atomic E-state index is 12.4. The second-order valence-corrected chi connectivity index (χ2v) is 6.27. The minimum absolute atomic E-state index is 0.00569. The van der Waals surface area contributed by atoms with Gasteiger partial charge in [-0.05, 0) is 30.3 Å². The molecule has 0 spiro atoms. The van der Waals surface area contributed by atoms with Crippen molar-refractivity contribution in [1.82, 2.24) is 4.57 Å². The van der Waals surface area contributed by atoms with Gasteiger partial charge in [0.15, 0.2) is 12.2 Å². The Morgan fingerprint density at radius 3 is 2.71 bits per heavy atom. The number of aromatic nitrogens is 1. The molecule has 0 radical (unpaired) electrons. The molecule has 10 heteroatoms. The average molecular weight is 415 g/mol. The van der Waals surface area contributed by atoms with Gasteiger partial charge in [-0.15, -0.1) is 0 Å². The van der Waals surface area contributed by atoms with Crippen molar-refractivity contribution in [1.29, 1.82) is 0 Å². The van der Waals surface area contributed by atoms with Gasteiger partial charge in [0.05, 0.1) is 11.2 Å². The molecule has 3 rings (SSSR count). The van der Waals surface area contributed by atoms with Gasteiger partial charge in [-0.2, -0.15) is 13.2 Å². The number of rotatable bonds is 6. The number of carbonyl (C=O) groups excluding carboxylic acids is 1. The highest BCUT2D eigenvalue weighted by Crippen LogP contribution is 2.30. The Balaban J connectivity index is 1.70. The van der Waals surface area contributed by atoms with E-state index in [1.54, 1.807) is 24.3 Å². The van der Waals surface area contributed by atoms with Crippen LogP contribution in [-0.2, 0) is 11.3 Å². The first-order valence-corrected chi connectivity index (χ1v) is 8.48. The number of ether oxygens (including phenoxy) is 1. The molecule has 0 aliphatic carbocycles. The molecule has 148 valence electrons. The fourth-order valence-corrected chi connectivity index (χ4v) is 2.71. The number of alkyl halides is 3. The van der Waals surface area contributed by atoms with Crippen molar-refractivity contribution in [3.63, 3.8) is 0 Å². The van der Waals surface area contributed by atoms with E-state index >= 15 is 0 Å². The number of benzene rings is 2. The summed E-state index contributed by atoms with van der Waals surface area (Å²) in [6.07, 6.45) is -4.64. The molecule has 0 fully saturated rings. The number of amides is 1. The van der Waals surface area contributed by atoms with Gasteiger partial charge in [0.1, 0.15) is 5.75 Å². The number of nitrogens with zero attached hydrogens (tertiary/aromatic N) is 1. The van der Waals surface area contributed by atoms with Crippen LogP contribution in [-0.4, -0.2) is 23.3 Å². The van der Waals surface area contributed by atoms with Crippen LogP contribution in [0.4, 0.5) is 18.9 Å². The molecule has 0 saturated carbocycles. The Bertz CT molecular complexity index is 1060. The molecule has 0 saturated heterocycles. The number of anilines is 1. The molecular formula is C18H14ClF3N2O4. The van der Waals surface area contributed by atoms with Gasteiger partial charge in [0.2, 0.25) is 5.91 Å². The number of fused-ring (bicyclic) bond motifs is 1. The van der Waals surface area contributed by atoms with Crippen LogP contribution < -0.4 is 15.8 Å². The number of hydrogen-bond acceptors (Lipinski definition) is 4. The molecule has 28 heavy (non-hydrogen) atoms. The Morgan fingerprint density at radius 2 is 1.96 bits per heavy atom. The minimum Gasteiger partial charge on any atom is -0.482 e. The van der Waals surface area contributed by atoms with Gasteiger partial charge >= 0.3 is 11.9 Å². The van der Waals surface area contributed by atoms with E-state index in [1.165, 1.54) is 22.8 Å². The molecule has 0 aliphatic rings. The fraction of sp³-hybridized carbons (Fsp3) is 0.222. The first-order chi connectivity index (χ1) is 13.2. The molecule has 1 aromatic heterocycles. The monoisotopic (exact) mass is 414 g/mol. The predicted molar refractivity (Wildman–Crippen MR) is 96.7 cm³/mol. The Kier molecular flexibility index (Phi) is 5.64. The van der Waals surface area contributed by atoms with Crippen LogP contribution in [0.2, 0.25) is 5.02 Å². The summed E-state index contributed by atoms with van der Waals surface area (Å²) < 4.78 is 48.2. The Morgan fingerprint density at radius 1 is 1.21 bits per heavy atom. The van der Waals surface area contributed by atoms with Crippen LogP contribution in [0.1, 0.15) is 6.42 Å². The number of carbonyl (C=O) groups is 1. The zero-order valence-electron chi connectivity index (χ0n) is 14.3. The summed E-state index contributed by atoms with van der Waals surface area (Å²) in [6, 6.07) is 10.6. The first kappa shape index (κ1) is 19.8. The summed E-state index contributed by atoms with van der Waals surface area (Å²) in [5.41, 5.74) is 0.939. The van der Waals surface area contributed by atoms with Crippen LogP contribution in [0.15, 0.2) is 51.7 Å². The molecule has 6 nitrogen and oxygen atoms in total. The van der Waals surface area contributed by atoms with Crippen molar-refractivity contribution >= 4 is 34.3 Å². The van der Waals surface area contributed by atoms with Crippen molar-refractivity contribution in [3.05, 3.63) is 58.0 Å². The van der Waals surface area contributed by atoms with Crippen molar-refractivity contribution in [2.75, 3.05) is 11.9 Å². The van der Waals surface area contributed by atoms with Gasteiger partial charge in [-0.3, -0.25) is 9.36 Å². The molecule has 0 atom stereocenters. The van der Waals surface area contributed by atoms with E-state index in [-0.39, 0.29) is 29.4 Å². The predicted octanol–water partition coefficient (Wildman–Crippen LogP) is 4.22. The summed E-state index contributed by atoms with van der Waals surface area (Å²) in [6.45, 7) is -1.48. The molecule has 0 aliphatic heterocycles. The smallest absolute Gasteiger partial charge is 0.422 e. The molecule has 1 amide bonds. The standard InChI is InChI=1S/C18H14ClF3N2O4/c19-11-5-6-14(27-10-18(20,21)22)12(9-11)23-16(25)7-8-24-13-3-1-2-4-15(13)28-17(24)26/h1-6,9H,7-8,10H2,(H,23,25). The third kappa shape index (κ3) is 4.86. The van der Waals surface area contributed by atoms with Crippen molar-refractivity contribution in [2.24, 2.45) is 0 Å². The average Bonchev–Trinajstić information content (AvgIpc) is 2.93. The Hall–Kier alpha value is -2.94. The summed E-state index contributed by atoms with van der Waals surface area (Å²) in [4.78, 5) is 24.1. The van der Waals surface area contributed by atoms with Crippen molar-refractivity contribution in [2.45, 2.75) is 19.1 Å². The lowest BCUT2D eigenvalue weighted by molar-refractivity contribution is -0.153. The quantitative estimate of drug-likeness (QED) is 0.655. The molecule has 0 unspecified atom stereocenters. The van der Waals surface area contributed by atoms with E-state index < -0.39 is 24.4 Å². The number of para-hydroxylation sites is 2. The third-order valence-electron chi connectivity index (χ3n) is 3.74. The highest BCUT2D eigenvalue weighted by Gasteiger charge is 2.29. The maximum atomic E-state index is 12.4. The SMILES string of the molecule is O=C(CCn1c(=O)oc2ccccc21)Nc1cc(Cl)ccc1OCC(F)(F)F. The summed E-state index contributed by atoms with van der Waals surface area (Å²) >= 11 is 5.85. The lowest BCUT2D eigenvalue weighted by atomic mass is 10.2. The van der Waals surface area contributed by atoms with Gasteiger partial charge in [-0.1, -0.05) is 23.7 Å². The molecule has 3 aromatic rings. The lowest BCUT2D eigenvalue weighted by Gasteiger charge is -2.14. The zero-order chi connectivity index (χ0) is 20.3. The number of hydrogen-bond donors (Lipinski definition) is 1. The van der Waals surface area contributed by atoms with Gasteiger partial charge in [0, 0.05) is 18.0 Å². The van der Waals surface area contributed by atoms with E-state index in [0.29, 0.717) is 11.1 Å². The highest BCUT2D eigenvalue weighted by molar-refractivity contribution is 6.31. The van der Waals surface area contributed by atoms with Gasteiger partial charge in [0.25, 0.3) is 0 Å². The number of aryl methyl sites for hydroxylation is 1. The molecular weight excluding hydrogens is 401 g/mol. The lowest BCUT2D eigenvalue weighted by Crippen LogP contribution is -2.21. The van der Waals surface area contributed by atoms with Crippen LogP contribution >= 0.6 is 11.6 Å². The molecule has 0 bridgehead atoms. The van der Waals surface area contributed by atoms with Crippen LogP contribution in [0, 0.1) is 0 Å². The van der Waals surface area contributed by atoms with Gasteiger partial charge in [-0.25, -0.2) is 4.79 Å². The highest BCUT2D eigenvalue weighted by atomic mass is 35.5. The second kappa shape index (κ2) is 7.97. The maximum Gasteiger partial charge on any atom is 0.422 e. The van der Waals surface area contributed by atoms with Crippen LogP contribution in [0.5, 0.6) is 5.75 Å². The second-order valence-electron chi connectivity index (χ2n) is 5.83.